The van der Waals surface area contributed by atoms with Gasteiger partial charge in [0, 0.05) is 5.02 Å². The molecule has 0 aliphatic heterocycles. The SMILES string of the molecule is O=C(OCl)/C(=C/c1ccc(Cl)cc1)c1ccccc1. The summed E-state index contributed by atoms with van der Waals surface area (Å²) in [6.45, 7) is 0. The Morgan fingerprint density at radius 3 is 2.21 bits per heavy atom. The van der Waals surface area contributed by atoms with Gasteiger partial charge in [0.2, 0.25) is 0 Å². The molecule has 4 heteroatoms. The first kappa shape index (κ1) is 13.7. The first-order chi connectivity index (χ1) is 9.20. The minimum atomic E-state index is -0.595. The molecule has 96 valence electrons. The lowest BCUT2D eigenvalue weighted by atomic mass is 10.0. The van der Waals surface area contributed by atoms with E-state index in [1.165, 1.54) is 0 Å². The van der Waals surface area contributed by atoms with E-state index >= 15 is 0 Å². The van der Waals surface area contributed by atoms with Gasteiger partial charge in [-0.2, -0.15) is 0 Å². The molecule has 2 rings (SSSR count). The highest BCUT2D eigenvalue weighted by atomic mass is 35.5. The molecule has 0 amide bonds. The highest BCUT2D eigenvalue weighted by Gasteiger charge is 2.13. The normalized spacial score (nSPS) is 11.2. The Labute approximate surface area is 121 Å². The van der Waals surface area contributed by atoms with Crippen molar-refractivity contribution in [2.45, 2.75) is 0 Å². The van der Waals surface area contributed by atoms with Crippen LogP contribution in [-0.2, 0) is 9.08 Å². The predicted octanol–water partition coefficient (Wildman–Crippen LogP) is 4.58. The van der Waals surface area contributed by atoms with Crippen LogP contribution in [-0.4, -0.2) is 5.97 Å². The second-order valence-electron chi connectivity index (χ2n) is 3.84. The van der Waals surface area contributed by atoms with Gasteiger partial charge in [-0.1, -0.05) is 54.1 Å². The molecule has 0 radical (unpaired) electrons. The molecule has 0 saturated heterocycles. The molecule has 0 aliphatic rings. The first-order valence-electron chi connectivity index (χ1n) is 5.56. The van der Waals surface area contributed by atoms with Crippen LogP contribution in [0.1, 0.15) is 11.1 Å². The minimum Gasteiger partial charge on any atom is -0.343 e. The summed E-state index contributed by atoms with van der Waals surface area (Å²) < 4.78 is 4.30. The third-order valence-electron chi connectivity index (χ3n) is 2.56. The van der Waals surface area contributed by atoms with Crippen LogP contribution in [0.15, 0.2) is 54.6 Å². The maximum absolute atomic E-state index is 11.7. The van der Waals surface area contributed by atoms with E-state index in [0.717, 1.165) is 11.1 Å². The van der Waals surface area contributed by atoms with Crippen molar-refractivity contribution >= 4 is 41.1 Å². The highest BCUT2D eigenvalue weighted by Crippen LogP contribution is 2.21. The maximum atomic E-state index is 11.7. The van der Waals surface area contributed by atoms with Crippen LogP contribution in [0.25, 0.3) is 11.6 Å². The summed E-state index contributed by atoms with van der Waals surface area (Å²) in [4.78, 5) is 11.7. The van der Waals surface area contributed by atoms with Crippen LogP contribution in [0, 0.1) is 0 Å². The zero-order valence-corrected chi connectivity index (χ0v) is 11.4. The molecule has 0 spiro atoms. The molecular weight excluding hydrogens is 283 g/mol. The zero-order chi connectivity index (χ0) is 13.7. The fourth-order valence-corrected chi connectivity index (χ4v) is 1.85. The largest absolute Gasteiger partial charge is 0.356 e. The van der Waals surface area contributed by atoms with Crippen molar-refractivity contribution in [3.05, 3.63) is 70.7 Å². The molecule has 2 aromatic carbocycles. The van der Waals surface area contributed by atoms with Gasteiger partial charge in [0.1, 0.15) is 11.9 Å². The number of carbonyl (C=O) groups excluding carboxylic acids is 1. The van der Waals surface area contributed by atoms with Crippen LogP contribution >= 0.6 is 23.5 Å². The van der Waals surface area contributed by atoms with E-state index in [0.29, 0.717) is 10.6 Å². The van der Waals surface area contributed by atoms with Crippen molar-refractivity contribution in [2.24, 2.45) is 0 Å². The van der Waals surface area contributed by atoms with Gasteiger partial charge in [0.15, 0.2) is 0 Å². The standard InChI is InChI=1S/C15H10Cl2O2/c16-13-8-6-11(7-9-13)10-14(15(18)19-17)12-4-2-1-3-5-12/h1-10H/b14-10+. The molecule has 2 nitrogen and oxygen atoms in total. The van der Waals surface area contributed by atoms with E-state index in [-0.39, 0.29) is 0 Å². The number of halogens is 2. The van der Waals surface area contributed by atoms with E-state index in [4.69, 9.17) is 23.5 Å². The predicted molar refractivity (Wildman–Crippen MR) is 77.7 cm³/mol. The summed E-state index contributed by atoms with van der Waals surface area (Å²) in [7, 11) is 0. The molecule has 0 aromatic heterocycles. The van der Waals surface area contributed by atoms with Gasteiger partial charge in [0.05, 0.1) is 5.57 Å². The fraction of sp³-hybridized carbons (Fsp3) is 0. The Hall–Kier alpha value is -1.77. The van der Waals surface area contributed by atoms with Gasteiger partial charge >= 0.3 is 5.97 Å². The molecule has 19 heavy (non-hydrogen) atoms. The van der Waals surface area contributed by atoms with E-state index in [2.05, 4.69) is 4.29 Å². The van der Waals surface area contributed by atoms with Gasteiger partial charge in [-0.25, -0.2) is 4.79 Å². The van der Waals surface area contributed by atoms with Crippen molar-refractivity contribution in [1.82, 2.24) is 0 Å². The molecule has 0 aliphatic carbocycles. The number of hydrogen-bond donors (Lipinski definition) is 0. The second kappa shape index (κ2) is 6.41. The Balaban J connectivity index is 2.44. The lowest BCUT2D eigenvalue weighted by Gasteiger charge is -2.04. The molecule has 0 heterocycles. The molecule has 0 bridgehead atoms. The Kier molecular flexibility index (Phi) is 4.61. The van der Waals surface area contributed by atoms with Crippen LogP contribution in [0.4, 0.5) is 0 Å². The number of hydrogen-bond acceptors (Lipinski definition) is 2. The summed E-state index contributed by atoms with van der Waals surface area (Å²) in [5, 5.41) is 0.637. The van der Waals surface area contributed by atoms with E-state index < -0.39 is 5.97 Å². The molecule has 0 saturated carbocycles. The highest BCUT2D eigenvalue weighted by molar-refractivity contribution is 6.30. The average molecular weight is 293 g/mol. The minimum absolute atomic E-state index is 0.387. The third-order valence-corrected chi connectivity index (χ3v) is 2.95. The lowest BCUT2D eigenvalue weighted by Crippen LogP contribution is -2.01. The summed E-state index contributed by atoms with van der Waals surface area (Å²) in [5.74, 6) is -0.595. The summed E-state index contributed by atoms with van der Waals surface area (Å²) in [6.07, 6.45) is 1.70. The zero-order valence-electron chi connectivity index (χ0n) is 9.85. The Bertz CT molecular complexity index is 589. The van der Waals surface area contributed by atoms with Crippen molar-refractivity contribution in [2.75, 3.05) is 0 Å². The first-order valence-corrected chi connectivity index (χ1v) is 6.25. The van der Waals surface area contributed by atoms with Crippen LogP contribution in [0.3, 0.4) is 0 Å². The van der Waals surface area contributed by atoms with Crippen LogP contribution in [0.5, 0.6) is 0 Å². The Morgan fingerprint density at radius 1 is 1.00 bits per heavy atom. The summed E-state index contributed by atoms with van der Waals surface area (Å²) >= 11 is 11.0. The molecule has 0 unspecified atom stereocenters. The van der Waals surface area contributed by atoms with Crippen LogP contribution in [0.2, 0.25) is 5.02 Å². The van der Waals surface area contributed by atoms with Crippen molar-refractivity contribution in [1.29, 1.82) is 0 Å². The number of rotatable bonds is 3. The smallest absolute Gasteiger partial charge is 0.343 e. The summed E-state index contributed by atoms with van der Waals surface area (Å²) in [6, 6.07) is 16.3. The van der Waals surface area contributed by atoms with Crippen molar-refractivity contribution in [3.63, 3.8) is 0 Å². The quantitative estimate of drug-likeness (QED) is 0.611. The summed E-state index contributed by atoms with van der Waals surface area (Å²) in [5.41, 5.74) is 1.96. The van der Waals surface area contributed by atoms with E-state index in [1.54, 1.807) is 18.2 Å². The van der Waals surface area contributed by atoms with Crippen LogP contribution < -0.4 is 0 Å². The van der Waals surface area contributed by atoms with Gasteiger partial charge < -0.3 is 4.29 Å². The number of benzene rings is 2. The van der Waals surface area contributed by atoms with Gasteiger partial charge in [-0.15, -0.1) is 0 Å². The fourth-order valence-electron chi connectivity index (χ4n) is 1.65. The van der Waals surface area contributed by atoms with Gasteiger partial charge in [-0.05, 0) is 29.3 Å². The monoisotopic (exact) mass is 292 g/mol. The number of carbonyl (C=O) groups is 1. The van der Waals surface area contributed by atoms with Gasteiger partial charge in [0.25, 0.3) is 0 Å². The van der Waals surface area contributed by atoms with E-state index in [9.17, 15) is 4.79 Å². The molecule has 0 N–H and O–H groups in total. The average Bonchev–Trinajstić information content (AvgIpc) is 2.47. The van der Waals surface area contributed by atoms with Crippen molar-refractivity contribution < 1.29 is 9.08 Å². The second-order valence-corrected chi connectivity index (χ2v) is 4.43. The Morgan fingerprint density at radius 2 is 1.63 bits per heavy atom. The third kappa shape index (κ3) is 3.60. The molecular formula is C15H10Cl2O2. The lowest BCUT2D eigenvalue weighted by molar-refractivity contribution is -0.127. The van der Waals surface area contributed by atoms with Crippen molar-refractivity contribution in [3.8, 4) is 0 Å². The molecule has 0 fully saturated rings. The topological polar surface area (TPSA) is 26.3 Å². The van der Waals surface area contributed by atoms with Gasteiger partial charge in [-0.3, -0.25) is 0 Å². The molecule has 2 aromatic rings. The molecule has 0 atom stereocenters. The van der Waals surface area contributed by atoms with E-state index in [1.807, 2.05) is 42.5 Å². The maximum Gasteiger partial charge on any atom is 0.356 e.